The van der Waals surface area contributed by atoms with Crippen LogP contribution < -0.4 is 0 Å². The number of hydrogen-bond donors (Lipinski definition) is 0. The summed E-state index contributed by atoms with van der Waals surface area (Å²) in [6, 6.07) is 5.58. The van der Waals surface area contributed by atoms with Crippen LogP contribution >= 0.6 is 11.8 Å². The van der Waals surface area contributed by atoms with Crippen LogP contribution in [0.3, 0.4) is 0 Å². The van der Waals surface area contributed by atoms with E-state index in [-0.39, 0.29) is 17.9 Å². The summed E-state index contributed by atoms with van der Waals surface area (Å²) in [5.41, 5.74) is -0.125. The number of ether oxygens (including phenoxy) is 2. The number of benzene rings is 1. The fourth-order valence-electron chi connectivity index (χ4n) is 2.39. The number of rotatable bonds is 4. The van der Waals surface area contributed by atoms with Crippen molar-refractivity contribution in [3.05, 3.63) is 45.0 Å². The Labute approximate surface area is 161 Å². The Morgan fingerprint density at radius 2 is 1.89 bits per heavy atom. The number of esters is 1. The van der Waals surface area contributed by atoms with Crippen LogP contribution in [0.2, 0.25) is 0 Å². The van der Waals surface area contributed by atoms with Crippen molar-refractivity contribution in [1.82, 2.24) is 4.90 Å². The average molecular weight is 394 g/mol. The quantitative estimate of drug-likeness (QED) is 0.331. The van der Waals surface area contributed by atoms with Gasteiger partial charge in [-0.1, -0.05) is 0 Å². The van der Waals surface area contributed by atoms with Gasteiger partial charge in [-0.2, -0.15) is 0 Å². The van der Waals surface area contributed by atoms with Crippen LogP contribution in [0, 0.1) is 10.1 Å². The van der Waals surface area contributed by atoms with E-state index in [0.717, 1.165) is 0 Å². The third kappa shape index (κ3) is 5.22. The second-order valence-electron chi connectivity index (χ2n) is 6.69. The molecule has 0 N–H and O–H groups in total. The molecule has 1 amide bonds. The van der Waals surface area contributed by atoms with Crippen molar-refractivity contribution in [2.24, 2.45) is 0 Å². The monoisotopic (exact) mass is 394 g/mol. The summed E-state index contributed by atoms with van der Waals surface area (Å²) in [4.78, 5) is 36.9. The molecule has 0 saturated carbocycles. The van der Waals surface area contributed by atoms with Crippen molar-refractivity contribution in [3.8, 4) is 0 Å². The first kappa shape index (κ1) is 20.8. The highest BCUT2D eigenvalue weighted by molar-refractivity contribution is 8.03. The molecule has 1 fully saturated rings. The lowest BCUT2D eigenvalue weighted by Gasteiger charge is -2.25. The molecule has 9 heteroatoms. The van der Waals surface area contributed by atoms with Crippen molar-refractivity contribution >= 4 is 35.1 Å². The molecule has 0 spiro atoms. The minimum Gasteiger partial charge on any atom is -0.462 e. The molecule has 0 bridgehead atoms. The molecule has 1 heterocycles. The van der Waals surface area contributed by atoms with Gasteiger partial charge in [-0.05, 0) is 45.4 Å². The Morgan fingerprint density at radius 1 is 1.26 bits per heavy atom. The molecule has 2 rings (SSSR count). The molecule has 27 heavy (non-hydrogen) atoms. The van der Waals surface area contributed by atoms with Crippen molar-refractivity contribution in [3.63, 3.8) is 0 Å². The number of hydrogen-bond acceptors (Lipinski definition) is 7. The van der Waals surface area contributed by atoms with Gasteiger partial charge in [-0.15, -0.1) is 11.8 Å². The summed E-state index contributed by atoms with van der Waals surface area (Å²) in [7, 11) is 0. The molecule has 8 nitrogen and oxygen atoms in total. The molecule has 146 valence electrons. The highest BCUT2D eigenvalue weighted by atomic mass is 32.2. The van der Waals surface area contributed by atoms with Gasteiger partial charge < -0.3 is 9.47 Å². The van der Waals surface area contributed by atoms with Crippen molar-refractivity contribution in [1.29, 1.82) is 0 Å². The predicted molar refractivity (Wildman–Crippen MR) is 102 cm³/mol. The fourth-order valence-corrected chi connectivity index (χ4v) is 3.53. The third-order valence-electron chi connectivity index (χ3n) is 3.47. The minimum absolute atomic E-state index is 0.0879. The summed E-state index contributed by atoms with van der Waals surface area (Å²) < 4.78 is 10.6. The fraction of sp³-hybridized carbons (Fsp3) is 0.444. The average Bonchev–Trinajstić information content (AvgIpc) is 3.03. The summed E-state index contributed by atoms with van der Waals surface area (Å²) >= 11 is 1.34. The third-order valence-corrected chi connectivity index (χ3v) is 4.56. The maximum atomic E-state index is 12.6. The first-order chi connectivity index (χ1) is 12.6. The van der Waals surface area contributed by atoms with Gasteiger partial charge in [0.05, 0.1) is 22.1 Å². The Bertz CT molecular complexity index is 767. The number of carbonyl (C=O) groups excluding carboxylic acids is 2. The van der Waals surface area contributed by atoms with Gasteiger partial charge in [0.25, 0.3) is 5.69 Å². The molecule has 1 aliphatic rings. The van der Waals surface area contributed by atoms with E-state index < -0.39 is 22.6 Å². The molecule has 1 aliphatic heterocycles. The summed E-state index contributed by atoms with van der Waals surface area (Å²) in [5.74, 6) is 0.00842. The van der Waals surface area contributed by atoms with E-state index in [9.17, 15) is 19.7 Å². The zero-order valence-corrected chi connectivity index (χ0v) is 16.5. The van der Waals surface area contributed by atoms with E-state index in [1.807, 2.05) is 0 Å². The van der Waals surface area contributed by atoms with Gasteiger partial charge in [0.1, 0.15) is 5.60 Å². The molecule has 0 unspecified atom stereocenters. The van der Waals surface area contributed by atoms with Crippen LogP contribution in [0.5, 0.6) is 0 Å². The van der Waals surface area contributed by atoms with Gasteiger partial charge in [-0.3, -0.25) is 15.0 Å². The molecule has 0 aromatic heterocycles. The number of carbonyl (C=O) groups is 2. The van der Waals surface area contributed by atoms with Gasteiger partial charge in [0.15, 0.2) is 0 Å². The molecule has 0 radical (unpaired) electrons. The van der Waals surface area contributed by atoms with Gasteiger partial charge in [0.2, 0.25) is 0 Å². The standard InChI is InChI=1S/C18H22N2O6S/c1-5-25-16(21)14(12-6-8-13(9-7-12)20(23)24)15-19(10-11-27-15)17(22)26-18(2,3)4/h6-9H,5,10-11H2,1-4H3/b15-14-. The van der Waals surface area contributed by atoms with Gasteiger partial charge in [0, 0.05) is 24.4 Å². The second kappa shape index (κ2) is 8.43. The van der Waals surface area contributed by atoms with Crippen LogP contribution in [-0.2, 0) is 14.3 Å². The van der Waals surface area contributed by atoms with Crippen LogP contribution in [0.4, 0.5) is 10.5 Å². The van der Waals surface area contributed by atoms with Gasteiger partial charge >= 0.3 is 12.1 Å². The number of nitrogens with zero attached hydrogens (tertiary/aromatic N) is 2. The van der Waals surface area contributed by atoms with Crippen LogP contribution in [-0.4, -0.2) is 46.4 Å². The maximum Gasteiger partial charge on any atom is 0.415 e. The zero-order chi connectivity index (χ0) is 20.2. The van der Waals surface area contributed by atoms with E-state index in [1.54, 1.807) is 27.7 Å². The molecule has 0 atom stereocenters. The van der Waals surface area contributed by atoms with Gasteiger partial charge in [-0.25, -0.2) is 9.59 Å². The lowest BCUT2D eigenvalue weighted by Crippen LogP contribution is -2.35. The number of thioether (sulfide) groups is 1. The second-order valence-corrected chi connectivity index (χ2v) is 7.77. The van der Waals surface area contributed by atoms with E-state index in [0.29, 0.717) is 22.9 Å². The lowest BCUT2D eigenvalue weighted by molar-refractivity contribution is -0.384. The van der Waals surface area contributed by atoms with Crippen molar-refractivity contribution in [2.45, 2.75) is 33.3 Å². The van der Waals surface area contributed by atoms with Crippen molar-refractivity contribution in [2.75, 3.05) is 18.9 Å². The summed E-state index contributed by atoms with van der Waals surface area (Å²) in [5, 5.41) is 11.3. The largest absolute Gasteiger partial charge is 0.462 e. The molecule has 1 saturated heterocycles. The first-order valence-electron chi connectivity index (χ1n) is 8.43. The highest BCUT2D eigenvalue weighted by Crippen LogP contribution is 2.37. The molecular formula is C18H22N2O6S. The zero-order valence-electron chi connectivity index (χ0n) is 15.7. The van der Waals surface area contributed by atoms with E-state index in [4.69, 9.17) is 9.47 Å². The molecule has 1 aromatic carbocycles. The topological polar surface area (TPSA) is 99.0 Å². The maximum absolute atomic E-state index is 12.6. The van der Waals surface area contributed by atoms with Crippen LogP contribution in [0.1, 0.15) is 33.3 Å². The minimum atomic E-state index is -0.674. The summed E-state index contributed by atoms with van der Waals surface area (Å²) in [6.07, 6.45) is -0.550. The SMILES string of the molecule is CCOC(=O)/C(=C1\SCCN1C(=O)OC(C)(C)C)c1ccc([N+](=O)[O-])cc1. The Kier molecular flexibility index (Phi) is 6.48. The molecule has 0 aliphatic carbocycles. The first-order valence-corrected chi connectivity index (χ1v) is 9.42. The predicted octanol–water partition coefficient (Wildman–Crippen LogP) is 3.81. The Morgan fingerprint density at radius 3 is 2.41 bits per heavy atom. The number of nitro groups is 1. The smallest absolute Gasteiger partial charge is 0.415 e. The molecule has 1 aromatic rings. The highest BCUT2D eigenvalue weighted by Gasteiger charge is 2.34. The lowest BCUT2D eigenvalue weighted by atomic mass is 10.1. The Hall–Kier alpha value is -2.55. The van der Waals surface area contributed by atoms with E-state index in [1.165, 1.54) is 40.9 Å². The van der Waals surface area contributed by atoms with Crippen LogP contribution in [0.25, 0.3) is 5.57 Å². The molecular weight excluding hydrogens is 372 g/mol. The Balaban J connectivity index is 2.49. The number of non-ortho nitro benzene ring substituents is 1. The number of amides is 1. The van der Waals surface area contributed by atoms with Crippen molar-refractivity contribution < 1.29 is 24.0 Å². The van der Waals surface area contributed by atoms with E-state index >= 15 is 0 Å². The summed E-state index contributed by atoms with van der Waals surface area (Å²) in [6.45, 7) is 7.54. The number of nitro benzene ring substituents is 1. The van der Waals surface area contributed by atoms with E-state index in [2.05, 4.69) is 0 Å². The normalized spacial score (nSPS) is 16.1. The van der Waals surface area contributed by atoms with Crippen LogP contribution in [0.15, 0.2) is 29.3 Å².